The van der Waals surface area contributed by atoms with E-state index < -0.39 is 5.54 Å². The lowest BCUT2D eigenvalue weighted by molar-refractivity contribution is -0.123. The van der Waals surface area contributed by atoms with Gasteiger partial charge in [0.15, 0.2) is 0 Å². The number of hydrogen-bond acceptors (Lipinski definition) is 3. The number of nitriles is 1. The van der Waals surface area contributed by atoms with Gasteiger partial charge in [0, 0.05) is 7.05 Å². The smallest absolute Gasteiger partial charge is 0.313 e. The molecule has 18 heavy (non-hydrogen) atoms. The van der Waals surface area contributed by atoms with E-state index in [9.17, 15) is 9.59 Å². The Bertz CT molecular complexity index is 572. The zero-order chi connectivity index (χ0) is 13.5. The number of imide groups is 1. The molecule has 5 nitrogen and oxygen atoms in total. The van der Waals surface area contributed by atoms with Crippen molar-refractivity contribution in [3.63, 3.8) is 0 Å². The van der Waals surface area contributed by atoms with E-state index in [1.165, 1.54) is 11.0 Å². The monoisotopic (exact) mass is 243 g/mol. The fourth-order valence-electron chi connectivity index (χ4n) is 1.84. The molecule has 3 amide bonds. The van der Waals surface area contributed by atoms with E-state index >= 15 is 0 Å². The molecule has 2 rings (SSSR count). The molecule has 0 aromatic heterocycles. The van der Waals surface area contributed by atoms with Gasteiger partial charge in [0.25, 0.3) is 5.91 Å². The maximum atomic E-state index is 12.2. The molecular weight excluding hydrogens is 230 g/mol. The minimum atomic E-state index is -0.861. The lowest BCUT2D eigenvalue weighted by Gasteiger charge is -2.22. The molecular formula is C13H13N3O2. The maximum absolute atomic E-state index is 12.2. The molecule has 0 unspecified atom stereocenters. The lowest BCUT2D eigenvalue weighted by atomic mass is 10.0. The lowest BCUT2D eigenvalue weighted by Crippen LogP contribution is -2.41. The first-order valence-corrected chi connectivity index (χ1v) is 5.52. The number of rotatable bonds is 1. The molecule has 0 spiro atoms. The molecule has 0 atom stereocenters. The van der Waals surface area contributed by atoms with E-state index in [1.54, 1.807) is 39.1 Å². The Kier molecular flexibility index (Phi) is 2.59. The quantitative estimate of drug-likeness (QED) is 0.705. The standard InChI is InChI=1S/C13H13N3O2/c1-13(2)11(17)16(12(18)15(13)3)10-6-4-5-9(7-10)8-14/h4-7H,1-3H3. The van der Waals surface area contributed by atoms with E-state index in [1.807, 2.05) is 6.07 Å². The summed E-state index contributed by atoms with van der Waals surface area (Å²) in [7, 11) is 1.59. The van der Waals surface area contributed by atoms with Gasteiger partial charge in [-0.2, -0.15) is 5.26 Å². The first-order chi connectivity index (χ1) is 8.39. The molecule has 0 radical (unpaired) electrons. The van der Waals surface area contributed by atoms with Gasteiger partial charge in [-0.05, 0) is 32.0 Å². The van der Waals surface area contributed by atoms with Crippen molar-refractivity contribution in [3.8, 4) is 6.07 Å². The highest BCUT2D eigenvalue weighted by Crippen LogP contribution is 2.30. The Balaban J connectivity index is 2.49. The van der Waals surface area contributed by atoms with E-state index in [0.717, 1.165) is 4.90 Å². The summed E-state index contributed by atoms with van der Waals surface area (Å²) in [6, 6.07) is 8.07. The Labute approximate surface area is 105 Å². The minimum absolute atomic E-state index is 0.287. The van der Waals surface area contributed by atoms with E-state index in [4.69, 9.17) is 5.26 Å². The van der Waals surface area contributed by atoms with Gasteiger partial charge in [-0.3, -0.25) is 4.79 Å². The first kappa shape index (κ1) is 12.1. The van der Waals surface area contributed by atoms with Crippen molar-refractivity contribution in [2.24, 2.45) is 0 Å². The first-order valence-electron chi connectivity index (χ1n) is 5.52. The molecule has 1 aliphatic rings. The van der Waals surface area contributed by atoms with Crippen molar-refractivity contribution >= 4 is 17.6 Å². The van der Waals surface area contributed by atoms with Crippen molar-refractivity contribution < 1.29 is 9.59 Å². The Morgan fingerprint density at radius 3 is 2.44 bits per heavy atom. The van der Waals surface area contributed by atoms with Gasteiger partial charge in [0.05, 0.1) is 17.3 Å². The van der Waals surface area contributed by atoms with Gasteiger partial charge < -0.3 is 4.90 Å². The molecule has 0 bridgehead atoms. The number of likely N-dealkylation sites (N-methyl/N-ethyl adjacent to an activating group) is 1. The van der Waals surface area contributed by atoms with E-state index in [0.29, 0.717) is 11.3 Å². The molecule has 0 aliphatic carbocycles. The van der Waals surface area contributed by atoms with Crippen LogP contribution in [-0.2, 0) is 4.79 Å². The second kappa shape index (κ2) is 3.84. The summed E-state index contributed by atoms with van der Waals surface area (Å²) >= 11 is 0. The van der Waals surface area contributed by atoms with Gasteiger partial charge in [-0.25, -0.2) is 9.69 Å². The van der Waals surface area contributed by atoms with E-state index in [-0.39, 0.29) is 11.9 Å². The van der Waals surface area contributed by atoms with Crippen LogP contribution in [0.15, 0.2) is 24.3 Å². The van der Waals surface area contributed by atoms with Crippen LogP contribution in [0.25, 0.3) is 0 Å². The molecule has 92 valence electrons. The van der Waals surface area contributed by atoms with Crippen molar-refractivity contribution in [3.05, 3.63) is 29.8 Å². The summed E-state index contributed by atoms with van der Waals surface area (Å²) in [6.45, 7) is 3.39. The van der Waals surface area contributed by atoms with Crippen molar-refractivity contribution in [1.82, 2.24) is 4.90 Å². The molecule has 1 heterocycles. The van der Waals surface area contributed by atoms with E-state index in [2.05, 4.69) is 0 Å². The normalized spacial score (nSPS) is 18.1. The van der Waals surface area contributed by atoms with Crippen LogP contribution in [0.1, 0.15) is 19.4 Å². The second-order valence-electron chi connectivity index (χ2n) is 4.70. The van der Waals surface area contributed by atoms with Crippen LogP contribution in [0.3, 0.4) is 0 Å². The highest BCUT2D eigenvalue weighted by Gasteiger charge is 2.49. The van der Waals surface area contributed by atoms with Crippen molar-refractivity contribution in [2.75, 3.05) is 11.9 Å². The minimum Gasteiger partial charge on any atom is -0.313 e. The summed E-state index contributed by atoms with van der Waals surface area (Å²) in [5.74, 6) is -0.287. The van der Waals surface area contributed by atoms with Crippen LogP contribution in [0.4, 0.5) is 10.5 Å². The van der Waals surface area contributed by atoms with Crippen LogP contribution in [0.5, 0.6) is 0 Å². The number of anilines is 1. The SMILES string of the molecule is CN1C(=O)N(c2cccc(C#N)c2)C(=O)C1(C)C. The average Bonchev–Trinajstić information content (AvgIpc) is 2.51. The highest BCUT2D eigenvalue weighted by molar-refractivity contribution is 6.22. The highest BCUT2D eigenvalue weighted by atomic mass is 16.2. The average molecular weight is 243 g/mol. The molecule has 0 saturated carbocycles. The number of carbonyl (C=O) groups is 2. The largest absolute Gasteiger partial charge is 0.332 e. The number of hydrogen-bond donors (Lipinski definition) is 0. The molecule has 1 fully saturated rings. The third-order valence-electron chi connectivity index (χ3n) is 3.28. The van der Waals surface area contributed by atoms with Gasteiger partial charge in [0.2, 0.25) is 0 Å². The summed E-state index contributed by atoms with van der Waals surface area (Å²) in [5, 5.41) is 8.84. The fraction of sp³-hybridized carbons (Fsp3) is 0.308. The zero-order valence-corrected chi connectivity index (χ0v) is 10.5. The number of amides is 3. The van der Waals surface area contributed by atoms with Crippen LogP contribution in [0, 0.1) is 11.3 Å². The van der Waals surface area contributed by atoms with Crippen LogP contribution in [-0.4, -0.2) is 29.4 Å². The third kappa shape index (κ3) is 1.54. The Morgan fingerprint density at radius 1 is 1.28 bits per heavy atom. The molecule has 1 saturated heterocycles. The summed E-state index contributed by atoms with van der Waals surface area (Å²) in [4.78, 5) is 26.8. The maximum Gasteiger partial charge on any atom is 0.332 e. The summed E-state index contributed by atoms with van der Waals surface area (Å²) in [6.07, 6.45) is 0. The third-order valence-corrected chi connectivity index (χ3v) is 3.28. The topological polar surface area (TPSA) is 64.4 Å². The number of urea groups is 1. The Hall–Kier alpha value is -2.35. The fourth-order valence-corrected chi connectivity index (χ4v) is 1.84. The van der Waals surface area contributed by atoms with Crippen LogP contribution < -0.4 is 4.90 Å². The number of carbonyl (C=O) groups excluding carboxylic acids is 2. The van der Waals surface area contributed by atoms with Crippen LogP contribution in [0.2, 0.25) is 0 Å². The van der Waals surface area contributed by atoms with Gasteiger partial charge in [-0.1, -0.05) is 6.07 Å². The van der Waals surface area contributed by atoms with Gasteiger partial charge >= 0.3 is 6.03 Å². The van der Waals surface area contributed by atoms with Crippen molar-refractivity contribution in [1.29, 1.82) is 5.26 Å². The number of benzene rings is 1. The Morgan fingerprint density at radius 2 is 1.94 bits per heavy atom. The molecule has 1 aliphatic heterocycles. The molecule has 0 N–H and O–H groups in total. The predicted octanol–water partition coefficient (Wildman–Crippen LogP) is 1.74. The van der Waals surface area contributed by atoms with Gasteiger partial charge in [0.1, 0.15) is 5.54 Å². The zero-order valence-electron chi connectivity index (χ0n) is 10.5. The van der Waals surface area contributed by atoms with Crippen molar-refractivity contribution in [2.45, 2.75) is 19.4 Å². The molecule has 5 heteroatoms. The summed E-state index contributed by atoms with van der Waals surface area (Å²) < 4.78 is 0. The molecule has 1 aromatic carbocycles. The van der Waals surface area contributed by atoms with Crippen LogP contribution >= 0.6 is 0 Å². The number of nitrogens with zero attached hydrogens (tertiary/aromatic N) is 3. The molecule has 1 aromatic rings. The van der Waals surface area contributed by atoms with Gasteiger partial charge in [-0.15, -0.1) is 0 Å². The predicted molar refractivity (Wildman–Crippen MR) is 65.9 cm³/mol. The summed E-state index contributed by atoms with van der Waals surface area (Å²) in [5.41, 5.74) is -0.0124. The second-order valence-corrected chi connectivity index (χ2v) is 4.70.